The van der Waals surface area contributed by atoms with Gasteiger partial charge in [-0.25, -0.2) is 4.79 Å². The molecule has 1 atom stereocenters. The molecular weight excluding hydrogens is 275 g/mol. The number of piperidine rings is 1. The monoisotopic (exact) mass is 293 g/mol. The van der Waals surface area contributed by atoms with Gasteiger partial charge < -0.3 is 9.64 Å². The molecule has 0 N–H and O–H groups in total. The molecule has 1 heterocycles. The fraction of sp³-hybridized carbons (Fsp3) is 0.692. The normalized spacial score (nSPS) is 20.8. The van der Waals surface area contributed by atoms with Gasteiger partial charge in [-0.2, -0.15) is 13.2 Å². The second kappa shape index (κ2) is 6.76. The lowest BCUT2D eigenvalue weighted by molar-refractivity contribution is -0.155. The summed E-state index contributed by atoms with van der Waals surface area (Å²) in [6.45, 7) is 2.92. The van der Waals surface area contributed by atoms with E-state index in [1.165, 1.54) is 0 Å². The lowest BCUT2D eigenvalue weighted by Gasteiger charge is -2.33. The van der Waals surface area contributed by atoms with Crippen molar-refractivity contribution >= 4 is 11.9 Å². The van der Waals surface area contributed by atoms with Crippen molar-refractivity contribution in [2.45, 2.75) is 45.3 Å². The Morgan fingerprint density at radius 3 is 2.55 bits per heavy atom. The van der Waals surface area contributed by atoms with E-state index in [4.69, 9.17) is 4.74 Å². The Hall–Kier alpha value is -1.53. The maximum atomic E-state index is 12.4. The van der Waals surface area contributed by atoms with Crippen molar-refractivity contribution in [1.82, 2.24) is 4.90 Å². The number of nitrogens with zero attached hydrogens (tertiary/aromatic N) is 1. The van der Waals surface area contributed by atoms with Crippen LogP contribution in [0.2, 0.25) is 0 Å². The number of esters is 1. The molecule has 1 fully saturated rings. The molecule has 1 amide bonds. The van der Waals surface area contributed by atoms with Gasteiger partial charge in [-0.1, -0.05) is 0 Å². The molecular formula is C13H18F3NO3. The van der Waals surface area contributed by atoms with Gasteiger partial charge in [0.05, 0.1) is 6.61 Å². The van der Waals surface area contributed by atoms with E-state index in [2.05, 4.69) is 0 Å². The smallest absolute Gasteiger partial charge is 0.412 e. The quantitative estimate of drug-likeness (QED) is 0.593. The van der Waals surface area contributed by atoms with E-state index < -0.39 is 29.7 Å². The third-order valence-electron chi connectivity index (χ3n) is 3.13. The maximum Gasteiger partial charge on any atom is 0.412 e. The molecule has 1 aliphatic heterocycles. The summed E-state index contributed by atoms with van der Waals surface area (Å²) < 4.78 is 42.1. The second-order valence-corrected chi connectivity index (χ2v) is 4.62. The number of allylic oxidation sites excluding steroid dienone is 1. The van der Waals surface area contributed by atoms with Crippen LogP contribution in [0.4, 0.5) is 13.2 Å². The Morgan fingerprint density at radius 1 is 1.35 bits per heavy atom. The first-order valence-corrected chi connectivity index (χ1v) is 6.50. The summed E-state index contributed by atoms with van der Waals surface area (Å²) >= 11 is 0. The fourth-order valence-corrected chi connectivity index (χ4v) is 2.03. The van der Waals surface area contributed by atoms with E-state index >= 15 is 0 Å². The molecule has 1 unspecified atom stereocenters. The van der Waals surface area contributed by atoms with Gasteiger partial charge >= 0.3 is 12.1 Å². The molecule has 0 bridgehead atoms. The number of alkyl halides is 3. The van der Waals surface area contributed by atoms with E-state index in [9.17, 15) is 22.8 Å². The minimum Gasteiger partial charge on any atom is -0.464 e. The number of carbonyl (C=O) groups excluding carboxylic acids is 2. The van der Waals surface area contributed by atoms with Crippen molar-refractivity contribution < 1.29 is 27.5 Å². The Balaban J connectivity index is 2.85. The van der Waals surface area contributed by atoms with Gasteiger partial charge in [0.15, 0.2) is 0 Å². The third kappa shape index (κ3) is 4.25. The molecule has 0 aromatic heterocycles. The van der Waals surface area contributed by atoms with E-state index in [0.29, 0.717) is 18.9 Å². The van der Waals surface area contributed by atoms with Crippen molar-refractivity contribution in [2.24, 2.45) is 0 Å². The molecule has 0 spiro atoms. The summed E-state index contributed by atoms with van der Waals surface area (Å²) in [7, 11) is 0. The van der Waals surface area contributed by atoms with E-state index in [0.717, 1.165) is 18.2 Å². The van der Waals surface area contributed by atoms with Crippen LogP contribution in [0.1, 0.15) is 33.1 Å². The Morgan fingerprint density at radius 2 is 2.00 bits per heavy atom. The second-order valence-electron chi connectivity index (χ2n) is 4.62. The summed E-state index contributed by atoms with van der Waals surface area (Å²) in [5.74, 6) is -1.35. The van der Waals surface area contributed by atoms with Gasteiger partial charge in [0.1, 0.15) is 6.04 Å². The van der Waals surface area contributed by atoms with Crippen LogP contribution in [-0.4, -0.2) is 42.1 Å². The average molecular weight is 293 g/mol. The molecule has 0 radical (unpaired) electrons. The minimum atomic E-state index is -4.54. The first-order valence-electron chi connectivity index (χ1n) is 6.50. The van der Waals surface area contributed by atoms with Crippen molar-refractivity contribution in [3.05, 3.63) is 11.6 Å². The number of hydrogen-bond donors (Lipinski definition) is 0. The molecule has 0 aromatic rings. The van der Waals surface area contributed by atoms with Crippen molar-refractivity contribution in [3.63, 3.8) is 0 Å². The van der Waals surface area contributed by atoms with Crippen molar-refractivity contribution in [1.29, 1.82) is 0 Å². The highest BCUT2D eigenvalue weighted by Crippen LogP contribution is 2.26. The van der Waals surface area contributed by atoms with Gasteiger partial charge in [0, 0.05) is 18.2 Å². The maximum absolute atomic E-state index is 12.4. The summed E-state index contributed by atoms with van der Waals surface area (Å²) in [6.07, 6.45) is -2.17. The molecule has 0 aromatic carbocycles. The first-order chi connectivity index (χ1) is 9.27. The SMILES string of the molecule is CCOC(=O)C1CCCCN1C(=O)C=C(C)C(F)(F)F. The Bertz CT molecular complexity index is 404. The molecule has 114 valence electrons. The summed E-state index contributed by atoms with van der Waals surface area (Å²) in [4.78, 5) is 24.8. The average Bonchev–Trinajstić information content (AvgIpc) is 2.37. The van der Waals surface area contributed by atoms with Gasteiger partial charge in [-0.05, 0) is 33.1 Å². The Labute approximate surface area is 115 Å². The van der Waals surface area contributed by atoms with Crippen LogP contribution in [0.3, 0.4) is 0 Å². The Kier molecular flexibility index (Phi) is 5.59. The molecule has 1 rings (SSSR count). The minimum absolute atomic E-state index is 0.175. The first kappa shape index (κ1) is 16.5. The molecule has 4 nitrogen and oxygen atoms in total. The predicted molar refractivity (Wildman–Crippen MR) is 65.8 cm³/mol. The number of halogens is 3. The summed E-state index contributed by atoms with van der Waals surface area (Å²) in [5, 5.41) is 0. The van der Waals surface area contributed by atoms with Crippen LogP contribution < -0.4 is 0 Å². The fourth-order valence-electron chi connectivity index (χ4n) is 2.03. The van der Waals surface area contributed by atoms with Gasteiger partial charge in [0.25, 0.3) is 0 Å². The highest BCUT2D eigenvalue weighted by Gasteiger charge is 2.35. The number of hydrogen-bond acceptors (Lipinski definition) is 3. The van der Waals surface area contributed by atoms with Gasteiger partial charge in [-0.15, -0.1) is 0 Å². The molecule has 7 heteroatoms. The zero-order valence-electron chi connectivity index (χ0n) is 11.5. The summed E-state index contributed by atoms with van der Waals surface area (Å²) in [5.41, 5.74) is -0.976. The van der Waals surface area contributed by atoms with Crippen LogP contribution in [0.15, 0.2) is 11.6 Å². The lowest BCUT2D eigenvalue weighted by Crippen LogP contribution is -2.48. The number of likely N-dealkylation sites (tertiary alicyclic amines) is 1. The molecule has 0 saturated carbocycles. The van der Waals surface area contributed by atoms with Crippen molar-refractivity contribution in [2.75, 3.05) is 13.2 Å². The number of carbonyl (C=O) groups is 2. The molecule has 1 saturated heterocycles. The van der Waals surface area contributed by atoms with E-state index in [-0.39, 0.29) is 13.2 Å². The predicted octanol–water partition coefficient (Wildman–Crippen LogP) is 2.44. The lowest BCUT2D eigenvalue weighted by atomic mass is 10.0. The topological polar surface area (TPSA) is 46.6 Å². The van der Waals surface area contributed by atoms with Crippen molar-refractivity contribution in [3.8, 4) is 0 Å². The zero-order valence-corrected chi connectivity index (χ0v) is 11.5. The molecule has 20 heavy (non-hydrogen) atoms. The largest absolute Gasteiger partial charge is 0.464 e. The number of amides is 1. The van der Waals surface area contributed by atoms with Crippen LogP contribution in [0.25, 0.3) is 0 Å². The van der Waals surface area contributed by atoms with E-state index in [1.54, 1.807) is 6.92 Å². The van der Waals surface area contributed by atoms with Crippen LogP contribution >= 0.6 is 0 Å². The standard InChI is InChI=1S/C13H18F3NO3/c1-3-20-12(19)10-6-4-5-7-17(10)11(18)8-9(2)13(14,15)16/h8,10H,3-7H2,1-2H3. The molecule has 0 aliphatic carbocycles. The highest BCUT2D eigenvalue weighted by atomic mass is 19.4. The number of ether oxygens (including phenoxy) is 1. The van der Waals surface area contributed by atoms with Crippen LogP contribution in [-0.2, 0) is 14.3 Å². The summed E-state index contributed by atoms with van der Waals surface area (Å²) in [6, 6.07) is -0.784. The van der Waals surface area contributed by atoms with Gasteiger partial charge in [0.2, 0.25) is 5.91 Å². The molecule has 1 aliphatic rings. The van der Waals surface area contributed by atoms with E-state index in [1.807, 2.05) is 0 Å². The van der Waals surface area contributed by atoms with Crippen LogP contribution in [0.5, 0.6) is 0 Å². The van der Waals surface area contributed by atoms with Gasteiger partial charge in [-0.3, -0.25) is 4.79 Å². The zero-order chi connectivity index (χ0) is 15.3. The third-order valence-corrected chi connectivity index (χ3v) is 3.13. The van der Waals surface area contributed by atoms with Crippen LogP contribution in [0, 0.1) is 0 Å². The number of rotatable bonds is 3. The highest BCUT2D eigenvalue weighted by molar-refractivity contribution is 5.92.